The van der Waals surface area contributed by atoms with Gasteiger partial charge in [0.15, 0.2) is 0 Å². The minimum atomic E-state index is -0.111. The standard InChI is InChI=1S/C16H12OSe/c1-11(17)18-16-14-8-4-2-6-12(14)10-13-7-3-5-9-15(13)16/h2-10H,1H3. The quantitative estimate of drug-likeness (QED) is 0.525. The Morgan fingerprint density at radius 3 is 1.89 bits per heavy atom. The van der Waals surface area contributed by atoms with Crippen LogP contribution < -0.4 is 4.46 Å². The summed E-state index contributed by atoms with van der Waals surface area (Å²) in [5.74, 6) is 0. The number of carbonyl (C=O) groups is 1. The molecule has 0 bridgehead atoms. The summed E-state index contributed by atoms with van der Waals surface area (Å²) in [5, 5.41) is 4.86. The molecular formula is C16H12OSe. The van der Waals surface area contributed by atoms with Crippen molar-refractivity contribution in [2.75, 3.05) is 0 Å². The molecule has 18 heavy (non-hydrogen) atoms. The van der Waals surface area contributed by atoms with E-state index in [0.717, 1.165) is 0 Å². The van der Waals surface area contributed by atoms with E-state index in [2.05, 4.69) is 30.3 Å². The first-order chi connectivity index (χ1) is 8.75. The molecule has 0 aliphatic heterocycles. The van der Waals surface area contributed by atoms with Gasteiger partial charge in [0.05, 0.1) is 0 Å². The zero-order chi connectivity index (χ0) is 12.5. The van der Waals surface area contributed by atoms with E-state index in [0.29, 0.717) is 0 Å². The van der Waals surface area contributed by atoms with Crippen molar-refractivity contribution in [1.82, 2.24) is 0 Å². The summed E-state index contributed by atoms with van der Waals surface area (Å²) in [6, 6.07) is 18.8. The van der Waals surface area contributed by atoms with Gasteiger partial charge < -0.3 is 0 Å². The third kappa shape index (κ3) is 1.94. The van der Waals surface area contributed by atoms with Gasteiger partial charge in [0, 0.05) is 0 Å². The Kier molecular flexibility index (Phi) is 2.91. The second-order valence-corrected chi connectivity index (χ2v) is 6.73. The van der Waals surface area contributed by atoms with E-state index < -0.39 is 0 Å². The molecule has 88 valence electrons. The van der Waals surface area contributed by atoms with Crippen LogP contribution in [-0.4, -0.2) is 19.6 Å². The van der Waals surface area contributed by atoms with Gasteiger partial charge in [-0.1, -0.05) is 0 Å². The molecule has 0 unspecified atom stereocenters. The first kappa shape index (κ1) is 11.5. The van der Waals surface area contributed by atoms with E-state index >= 15 is 0 Å². The number of rotatable bonds is 2. The van der Waals surface area contributed by atoms with E-state index in [1.807, 2.05) is 24.3 Å². The zero-order valence-corrected chi connectivity index (χ0v) is 11.7. The van der Waals surface area contributed by atoms with Crippen molar-refractivity contribution >= 4 is 45.6 Å². The van der Waals surface area contributed by atoms with Crippen molar-refractivity contribution < 1.29 is 4.79 Å². The second kappa shape index (κ2) is 4.56. The van der Waals surface area contributed by atoms with Crippen molar-refractivity contribution in [2.45, 2.75) is 6.92 Å². The molecule has 0 atom stereocenters. The van der Waals surface area contributed by atoms with Crippen LogP contribution in [0.15, 0.2) is 54.6 Å². The summed E-state index contributed by atoms with van der Waals surface area (Å²) in [6.07, 6.45) is 0. The third-order valence-electron chi connectivity index (χ3n) is 2.97. The molecule has 0 N–H and O–H groups in total. The van der Waals surface area contributed by atoms with Crippen molar-refractivity contribution in [3.8, 4) is 0 Å². The molecule has 0 heterocycles. The summed E-state index contributed by atoms with van der Waals surface area (Å²) in [4.78, 5) is 11.5. The molecule has 3 aromatic rings. The van der Waals surface area contributed by atoms with Crippen LogP contribution in [-0.2, 0) is 4.79 Å². The van der Waals surface area contributed by atoms with E-state index in [4.69, 9.17) is 0 Å². The Bertz CT molecular complexity index is 692. The van der Waals surface area contributed by atoms with E-state index in [1.54, 1.807) is 6.92 Å². The van der Waals surface area contributed by atoms with Gasteiger partial charge in [-0.25, -0.2) is 0 Å². The van der Waals surface area contributed by atoms with Gasteiger partial charge in [0.1, 0.15) is 0 Å². The van der Waals surface area contributed by atoms with Gasteiger partial charge in [-0.3, -0.25) is 0 Å². The average molecular weight is 299 g/mol. The molecule has 0 aromatic heterocycles. The van der Waals surface area contributed by atoms with Crippen molar-refractivity contribution in [3.63, 3.8) is 0 Å². The third-order valence-corrected chi connectivity index (χ3v) is 4.92. The molecule has 0 spiro atoms. The van der Waals surface area contributed by atoms with Crippen molar-refractivity contribution in [1.29, 1.82) is 0 Å². The molecule has 3 rings (SSSR count). The number of fused-ring (bicyclic) bond motifs is 2. The summed E-state index contributed by atoms with van der Waals surface area (Å²) < 4.78 is 1.48. The SMILES string of the molecule is CC(=O)[Se]c1c2ccccc2cc2ccccc12. The Balaban J connectivity index is 2.45. The fourth-order valence-corrected chi connectivity index (χ4v) is 4.07. The van der Waals surface area contributed by atoms with Gasteiger partial charge in [0.25, 0.3) is 0 Å². The van der Waals surface area contributed by atoms with Gasteiger partial charge >= 0.3 is 112 Å². The molecule has 1 nitrogen and oxygen atoms in total. The average Bonchev–Trinajstić information content (AvgIpc) is 2.38. The summed E-state index contributed by atoms with van der Waals surface area (Å²) in [6.45, 7) is 1.68. The Morgan fingerprint density at radius 1 is 0.889 bits per heavy atom. The van der Waals surface area contributed by atoms with E-state index in [1.165, 1.54) is 26.0 Å². The number of benzene rings is 3. The van der Waals surface area contributed by atoms with Crippen molar-refractivity contribution in [3.05, 3.63) is 54.6 Å². The first-order valence-corrected chi connectivity index (χ1v) is 7.56. The molecular weight excluding hydrogens is 287 g/mol. The molecule has 2 heteroatoms. The van der Waals surface area contributed by atoms with Gasteiger partial charge in [0.2, 0.25) is 0 Å². The molecule has 0 amide bonds. The van der Waals surface area contributed by atoms with Gasteiger partial charge in [-0.2, -0.15) is 0 Å². The first-order valence-electron chi connectivity index (χ1n) is 5.84. The fourth-order valence-electron chi connectivity index (χ4n) is 2.23. The monoisotopic (exact) mass is 300 g/mol. The second-order valence-electron chi connectivity index (χ2n) is 4.24. The van der Waals surface area contributed by atoms with Crippen LogP contribution in [0.4, 0.5) is 0 Å². The summed E-state index contributed by atoms with van der Waals surface area (Å²) in [5.41, 5.74) is 0. The van der Waals surface area contributed by atoms with Crippen LogP contribution in [0.2, 0.25) is 0 Å². The molecule has 0 fully saturated rings. The van der Waals surface area contributed by atoms with Crippen LogP contribution in [0.1, 0.15) is 6.92 Å². The Morgan fingerprint density at radius 2 is 1.39 bits per heavy atom. The van der Waals surface area contributed by atoms with E-state index in [-0.39, 0.29) is 19.6 Å². The summed E-state index contributed by atoms with van der Waals surface area (Å²) >= 11 is -0.111. The fraction of sp³-hybridized carbons (Fsp3) is 0.0625. The van der Waals surface area contributed by atoms with E-state index in [9.17, 15) is 4.79 Å². The van der Waals surface area contributed by atoms with Crippen molar-refractivity contribution in [2.24, 2.45) is 0 Å². The maximum atomic E-state index is 11.5. The zero-order valence-electron chi connectivity index (χ0n) is 10.0. The Hall–Kier alpha value is -1.63. The maximum absolute atomic E-state index is 11.5. The van der Waals surface area contributed by atoms with Crippen LogP contribution >= 0.6 is 0 Å². The van der Waals surface area contributed by atoms with Gasteiger partial charge in [-0.15, -0.1) is 0 Å². The number of hydrogen-bond acceptors (Lipinski definition) is 1. The molecule has 0 radical (unpaired) electrons. The summed E-state index contributed by atoms with van der Waals surface area (Å²) in [7, 11) is 0. The molecule has 0 saturated carbocycles. The van der Waals surface area contributed by atoms with Crippen LogP contribution in [0.25, 0.3) is 21.5 Å². The van der Waals surface area contributed by atoms with Crippen LogP contribution in [0.5, 0.6) is 0 Å². The molecule has 0 saturated heterocycles. The minimum absolute atomic E-state index is 0.111. The topological polar surface area (TPSA) is 17.1 Å². The molecule has 0 aliphatic rings. The van der Waals surface area contributed by atoms with Gasteiger partial charge in [-0.05, 0) is 0 Å². The number of carbonyl (C=O) groups excluding carboxylic acids is 1. The predicted octanol–water partition coefficient (Wildman–Crippen LogP) is 2.87. The normalized spacial score (nSPS) is 10.9. The van der Waals surface area contributed by atoms with Crippen LogP contribution in [0, 0.1) is 0 Å². The predicted molar refractivity (Wildman–Crippen MR) is 77.5 cm³/mol. The Labute approximate surface area is 112 Å². The number of hydrogen-bond donors (Lipinski definition) is 0. The molecule has 3 aromatic carbocycles. The van der Waals surface area contributed by atoms with Crippen LogP contribution in [0.3, 0.4) is 0 Å². The molecule has 0 aliphatic carbocycles.